The third-order valence-electron chi connectivity index (χ3n) is 3.85. The molecule has 1 unspecified atom stereocenters. The summed E-state index contributed by atoms with van der Waals surface area (Å²) in [6.07, 6.45) is 3.65. The molecular weight excluding hydrogens is 244 g/mol. The highest BCUT2D eigenvalue weighted by Crippen LogP contribution is 2.22. The van der Waals surface area contributed by atoms with E-state index < -0.39 is 12.9 Å². The first kappa shape index (κ1) is 14.5. The van der Waals surface area contributed by atoms with Crippen LogP contribution in [0.15, 0.2) is 18.2 Å². The number of rotatable bonds is 5. The third-order valence-corrected chi connectivity index (χ3v) is 3.85. The molecule has 5 heteroatoms. The molecule has 1 aliphatic rings. The Hall–Kier alpha value is -0.905. The van der Waals surface area contributed by atoms with Crippen molar-refractivity contribution in [3.05, 3.63) is 29.6 Å². The predicted octanol–water partition coefficient (Wildman–Crippen LogP) is 1.13. The zero-order valence-corrected chi connectivity index (χ0v) is 11.3. The maximum absolute atomic E-state index is 13.1. The number of nitrogens with zero attached hydrogens (tertiary/aromatic N) is 1. The lowest BCUT2D eigenvalue weighted by molar-refractivity contribution is 0.313. The monoisotopic (exact) mass is 265 g/mol. The van der Waals surface area contributed by atoms with Crippen LogP contribution in [0.25, 0.3) is 0 Å². The van der Waals surface area contributed by atoms with E-state index in [1.165, 1.54) is 31.4 Å². The van der Waals surface area contributed by atoms with Crippen molar-refractivity contribution in [3.63, 3.8) is 0 Å². The van der Waals surface area contributed by atoms with E-state index in [1.807, 2.05) is 0 Å². The molecule has 0 amide bonds. The Morgan fingerprint density at radius 2 is 2.21 bits per heavy atom. The number of hydrogen-bond donors (Lipinski definition) is 2. The number of benzene rings is 1. The molecule has 19 heavy (non-hydrogen) atoms. The predicted molar refractivity (Wildman–Crippen MR) is 74.5 cm³/mol. The average molecular weight is 265 g/mol. The van der Waals surface area contributed by atoms with Gasteiger partial charge < -0.3 is 10.0 Å². The Balaban J connectivity index is 2.03. The molecule has 104 valence electrons. The molecule has 1 aromatic rings. The molecule has 0 aromatic heterocycles. The SMILES string of the molecule is CCCC1CCN(Cc2ccc(F)cc2B(O)O)C1. The minimum absolute atomic E-state index is 0.277. The van der Waals surface area contributed by atoms with E-state index in [2.05, 4.69) is 11.8 Å². The smallest absolute Gasteiger partial charge is 0.423 e. The summed E-state index contributed by atoms with van der Waals surface area (Å²) in [6, 6.07) is 4.23. The van der Waals surface area contributed by atoms with Crippen molar-refractivity contribution in [1.29, 1.82) is 0 Å². The second-order valence-corrected chi connectivity index (χ2v) is 5.40. The van der Waals surface area contributed by atoms with Gasteiger partial charge >= 0.3 is 7.12 Å². The van der Waals surface area contributed by atoms with Crippen molar-refractivity contribution in [2.75, 3.05) is 13.1 Å². The van der Waals surface area contributed by atoms with Gasteiger partial charge in [-0.25, -0.2) is 4.39 Å². The molecule has 0 aliphatic carbocycles. The standard InChI is InChI=1S/C14H21BFNO2/c1-2-3-11-6-7-17(9-11)10-12-4-5-13(16)8-14(12)15(18)19/h4-5,8,11,18-19H,2-3,6-7,9-10H2,1H3. The largest absolute Gasteiger partial charge is 0.488 e. The van der Waals surface area contributed by atoms with Crippen molar-refractivity contribution < 1.29 is 14.4 Å². The summed E-state index contributed by atoms with van der Waals surface area (Å²) in [4.78, 5) is 2.31. The van der Waals surface area contributed by atoms with E-state index in [-0.39, 0.29) is 5.46 Å². The molecule has 0 saturated carbocycles. The van der Waals surface area contributed by atoms with Crippen LogP contribution in [-0.2, 0) is 6.54 Å². The lowest BCUT2D eigenvalue weighted by Gasteiger charge is -2.18. The van der Waals surface area contributed by atoms with Gasteiger partial charge in [-0.05, 0) is 48.5 Å². The Kier molecular flexibility index (Phi) is 4.96. The van der Waals surface area contributed by atoms with E-state index in [9.17, 15) is 14.4 Å². The van der Waals surface area contributed by atoms with Crippen LogP contribution >= 0.6 is 0 Å². The highest BCUT2D eigenvalue weighted by atomic mass is 19.1. The normalized spacial score (nSPS) is 19.9. The number of likely N-dealkylation sites (tertiary alicyclic amines) is 1. The van der Waals surface area contributed by atoms with Crippen molar-refractivity contribution in [2.45, 2.75) is 32.7 Å². The Morgan fingerprint density at radius 3 is 2.89 bits per heavy atom. The van der Waals surface area contributed by atoms with Crippen LogP contribution in [0.1, 0.15) is 31.7 Å². The zero-order valence-electron chi connectivity index (χ0n) is 11.3. The van der Waals surface area contributed by atoms with E-state index in [0.717, 1.165) is 24.6 Å². The van der Waals surface area contributed by atoms with Crippen LogP contribution in [-0.4, -0.2) is 35.2 Å². The third kappa shape index (κ3) is 3.78. The molecule has 1 aromatic carbocycles. The van der Waals surface area contributed by atoms with Gasteiger partial charge in [0.15, 0.2) is 0 Å². The van der Waals surface area contributed by atoms with Crippen LogP contribution in [0.3, 0.4) is 0 Å². The molecule has 1 heterocycles. The van der Waals surface area contributed by atoms with Crippen LogP contribution in [0, 0.1) is 11.7 Å². The van der Waals surface area contributed by atoms with Crippen molar-refractivity contribution in [3.8, 4) is 0 Å². The molecule has 0 radical (unpaired) electrons. The van der Waals surface area contributed by atoms with Gasteiger partial charge in [0.05, 0.1) is 0 Å². The first-order valence-corrected chi connectivity index (χ1v) is 6.97. The summed E-state index contributed by atoms with van der Waals surface area (Å²) in [5, 5.41) is 18.6. The van der Waals surface area contributed by atoms with Crippen LogP contribution in [0.5, 0.6) is 0 Å². The fourth-order valence-corrected chi connectivity index (χ4v) is 2.89. The topological polar surface area (TPSA) is 43.7 Å². The van der Waals surface area contributed by atoms with Gasteiger partial charge in [-0.3, -0.25) is 4.90 Å². The fraction of sp³-hybridized carbons (Fsp3) is 0.571. The Labute approximate surface area is 114 Å². The average Bonchev–Trinajstić information content (AvgIpc) is 2.79. The van der Waals surface area contributed by atoms with Crippen molar-refractivity contribution in [2.24, 2.45) is 5.92 Å². The Bertz CT molecular complexity index is 428. The van der Waals surface area contributed by atoms with Crippen LogP contribution < -0.4 is 5.46 Å². The summed E-state index contributed by atoms with van der Waals surface area (Å²) in [5.74, 6) is 0.310. The first-order valence-electron chi connectivity index (χ1n) is 6.97. The molecule has 1 saturated heterocycles. The number of hydrogen-bond acceptors (Lipinski definition) is 3. The van der Waals surface area contributed by atoms with Crippen molar-refractivity contribution >= 4 is 12.6 Å². The van der Waals surface area contributed by atoms with E-state index >= 15 is 0 Å². The molecule has 1 atom stereocenters. The quantitative estimate of drug-likeness (QED) is 0.784. The highest BCUT2D eigenvalue weighted by molar-refractivity contribution is 6.59. The maximum atomic E-state index is 13.1. The van der Waals surface area contributed by atoms with Gasteiger partial charge in [0.25, 0.3) is 0 Å². The fourth-order valence-electron chi connectivity index (χ4n) is 2.89. The maximum Gasteiger partial charge on any atom is 0.488 e. The molecule has 0 spiro atoms. The molecule has 2 rings (SSSR count). The van der Waals surface area contributed by atoms with Crippen molar-refractivity contribution in [1.82, 2.24) is 4.90 Å². The Morgan fingerprint density at radius 1 is 1.42 bits per heavy atom. The summed E-state index contributed by atoms with van der Waals surface area (Å²) in [6.45, 7) is 4.94. The van der Waals surface area contributed by atoms with Gasteiger partial charge in [-0.15, -0.1) is 0 Å². The second-order valence-electron chi connectivity index (χ2n) is 5.40. The summed E-state index contributed by atoms with van der Waals surface area (Å²) < 4.78 is 13.1. The van der Waals surface area contributed by atoms with E-state index in [0.29, 0.717) is 6.54 Å². The molecular formula is C14H21BFNO2. The summed E-state index contributed by atoms with van der Waals surface area (Å²) >= 11 is 0. The van der Waals surface area contributed by atoms with E-state index in [1.54, 1.807) is 6.07 Å². The summed E-state index contributed by atoms with van der Waals surface area (Å²) in [7, 11) is -1.61. The summed E-state index contributed by atoms with van der Waals surface area (Å²) in [5.41, 5.74) is 1.08. The molecule has 1 aliphatic heterocycles. The first-order chi connectivity index (χ1) is 9.10. The molecule has 2 N–H and O–H groups in total. The van der Waals surface area contributed by atoms with Gasteiger partial charge in [-0.2, -0.15) is 0 Å². The van der Waals surface area contributed by atoms with E-state index in [4.69, 9.17) is 0 Å². The van der Waals surface area contributed by atoms with Crippen LogP contribution in [0.2, 0.25) is 0 Å². The van der Waals surface area contributed by atoms with Crippen LogP contribution in [0.4, 0.5) is 4.39 Å². The van der Waals surface area contributed by atoms with Gasteiger partial charge in [0.1, 0.15) is 5.82 Å². The number of halogens is 1. The van der Waals surface area contributed by atoms with Gasteiger partial charge in [-0.1, -0.05) is 19.4 Å². The molecule has 0 bridgehead atoms. The molecule has 3 nitrogen and oxygen atoms in total. The lowest BCUT2D eigenvalue weighted by atomic mass is 9.77. The molecule has 1 fully saturated rings. The van der Waals surface area contributed by atoms with Gasteiger partial charge in [0, 0.05) is 13.1 Å². The minimum atomic E-state index is -1.61. The van der Waals surface area contributed by atoms with Gasteiger partial charge in [0.2, 0.25) is 0 Å². The lowest BCUT2D eigenvalue weighted by Crippen LogP contribution is -2.35. The zero-order chi connectivity index (χ0) is 13.8. The second kappa shape index (κ2) is 6.50. The highest BCUT2D eigenvalue weighted by Gasteiger charge is 2.24. The minimum Gasteiger partial charge on any atom is -0.423 e.